The first-order valence-electron chi connectivity index (χ1n) is 7.28. The van der Waals surface area contributed by atoms with Gasteiger partial charge in [-0.05, 0) is 24.4 Å². The predicted octanol–water partition coefficient (Wildman–Crippen LogP) is 4.61. The smallest absolute Gasteiger partial charge is 0.00455 e. The second-order valence-corrected chi connectivity index (χ2v) is 5.01. The van der Waals surface area contributed by atoms with E-state index in [1.807, 2.05) is 18.2 Å². The van der Waals surface area contributed by atoms with Crippen molar-refractivity contribution in [3.63, 3.8) is 0 Å². The van der Waals surface area contributed by atoms with Crippen LogP contribution >= 0.6 is 0 Å². The number of benzene rings is 1. The van der Waals surface area contributed by atoms with Crippen LogP contribution in [0.1, 0.15) is 63.4 Å². The van der Waals surface area contributed by atoms with Gasteiger partial charge in [-0.1, -0.05) is 75.8 Å². The summed E-state index contributed by atoms with van der Waals surface area (Å²) in [4.78, 5) is 0. The van der Waals surface area contributed by atoms with Crippen molar-refractivity contribution >= 4 is 0 Å². The SMILES string of the molecule is CCCCCCCCC(CN[O-])c1ccccc1. The van der Waals surface area contributed by atoms with Gasteiger partial charge in [-0.25, -0.2) is 0 Å². The van der Waals surface area contributed by atoms with E-state index < -0.39 is 0 Å². The molecular weight excluding hydrogens is 222 g/mol. The lowest BCUT2D eigenvalue weighted by Gasteiger charge is -2.20. The largest absolute Gasteiger partial charge is 0.788 e. The van der Waals surface area contributed by atoms with Crippen LogP contribution in [0.2, 0.25) is 0 Å². The zero-order chi connectivity index (χ0) is 13.1. The molecule has 0 fully saturated rings. The van der Waals surface area contributed by atoms with Crippen LogP contribution in [-0.2, 0) is 0 Å². The second kappa shape index (κ2) is 10.1. The molecule has 18 heavy (non-hydrogen) atoms. The van der Waals surface area contributed by atoms with Crippen LogP contribution in [0.15, 0.2) is 30.3 Å². The van der Waals surface area contributed by atoms with Gasteiger partial charge in [0, 0.05) is 0 Å². The first-order valence-corrected chi connectivity index (χ1v) is 7.28. The van der Waals surface area contributed by atoms with Crippen LogP contribution in [0.25, 0.3) is 0 Å². The Balaban J connectivity index is 2.26. The number of nitrogens with one attached hydrogen (secondary N) is 1. The molecule has 2 nitrogen and oxygen atoms in total. The molecule has 0 amide bonds. The third-order valence-electron chi connectivity index (χ3n) is 3.51. The average Bonchev–Trinajstić information content (AvgIpc) is 2.42. The maximum atomic E-state index is 10.6. The van der Waals surface area contributed by atoms with Crippen molar-refractivity contribution < 1.29 is 0 Å². The van der Waals surface area contributed by atoms with E-state index in [1.165, 1.54) is 44.1 Å². The van der Waals surface area contributed by atoms with Gasteiger partial charge in [0.05, 0.1) is 0 Å². The Bertz CT molecular complexity index is 286. The van der Waals surface area contributed by atoms with E-state index in [0.29, 0.717) is 12.5 Å². The van der Waals surface area contributed by atoms with E-state index in [9.17, 15) is 5.21 Å². The Labute approximate surface area is 111 Å². The van der Waals surface area contributed by atoms with Crippen molar-refractivity contribution in [1.82, 2.24) is 5.48 Å². The minimum atomic E-state index is 0.370. The fourth-order valence-corrected chi connectivity index (χ4v) is 2.38. The molecule has 0 bridgehead atoms. The summed E-state index contributed by atoms with van der Waals surface area (Å²) in [7, 11) is 0. The summed E-state index contributed by atoms with van der Waals surface area (Å²) in [5.74, 6) is 0.370. The summed E-state index contributed by atoms with van der Waals surface area (Å²) in [6.45, 7) is 2.78. The summed E-state index contributed by atoms with van der Waals surface area (Å²) in [6, 6.07) is 10.4. The van der Waals surface area contributed by atoms with Crippen LogP contribution in [0.5, 0.6) is 0 Å². The molecule has 0 aliphatic heterocycles. The molecule has 2 heteroatoms. The van der Waals surface area contributed by atoms with Crippen molar-refractivity contribution in [3.05, 3.63) is 41.1 Å². The van der Waals surface area contributed by atoms with Gasteiger partial charge in [0.2, 0.25) is 0 Å². The Morgan fingerprint density at radius 1 is 1.00 bits per heavy atom. The van der Waals surface area contributed by atoms with Crippen molar-refractivity contribution in [3.8, 4) is 0 Å². The molecule has 1 aromatic rings. The summed E-state index contributed by atoms with van der Waals surface area (Å²) < 4.78 is 0. The maximum absolute atomic E-state index is 10.6. The highest BCUT2D eigenvalue weighted by atomic mass is 16.5. The van der Waals surface area contributed by atoms with Gasteiger partial charge in [-0.15, -0.1) is 0 Å². The van der Waals surface area contributed by atoms with Gasteiger partial charge in [0.1, 0.15) is 0 Å². The van der Waals surface area contributed by atoms with Crippen LogP contribution in [-0.4, -0.2) is 6.54 Å². The van der Waals surface area contributed by atoms with Crippen molar-refractivity contribution in [2.24, 2.45) is 0 Å². The third-order valence-corrected chi connectivity index (χ3v) is 3.51. The Morgan fingerprint density at radius 3 is 2.33 bits per heavy atom. The van der Waals surface area contributed by atoms with E-state index >= 15 is 0 Å². The van der Waals surface area contributed by atoms with E-state index in [4.69, 9.17) is 0 Å². The maximum Gasteiger partial charge on any atom is -0.00455 e. The van der Waals surface area contributed by atoms with Gasteiger partial charge in [-0.2, -0.15) is 0 Å². The van der Waals surface area contributed by atoms with Gasteiger partial charge in [0.15, 0.2) is 0 Å². The lowest BCUT2D eigenvalue weighted by Crippen LogP contribution is -2.15. The number of hydrogen-bond acceptors (Lipinski definition) is 2. The number of unbranched alkanes of at least 4 members (excludes halogenated alkanes) is 5. The van der Waals surface area contributed by atoms with Crippen LogP contribution in [0.3, 0.4) is 0 Å². The highest BCUT2D eigenvalue weighted by Crippen LogP contribution is 2.22. The van der Waals surface area contributed by atoms with E-state index in [2.05, 4.69) is 24.5 Å². The molecule has 0 aromatic heterocycles. The van der Waals surface area contributed by atoms with Crippen LogP contribution in [0.4, 0.5) is 0 Å². The highest BCUT2D eigenvalue weighted by Gasteiger charge is 2.08. The molecule has 0 heterocycles. The minimum absolute atomic E-state index is 0.370. The quantitative estimate of drug-likeness (QED) is 0.485. The molecule has 0 aliphatic rings. The Morgan fingerprint density at radius 2 is 1.67 bits per heavy atom. The molecule has 0 saturated heterocycles. The second-order valence-electron chi connectivity index (χ2n) is 5.01. The van der Waals surface area contributed by atoms with E-state index in [0.717, 1.165) is 6.42 Å². The first-order chi connectivity index (χ1) is 8.88. The lowest BCUT2D eigenvalue weighted by molar-refractivity contribution is 0.528. The molecule has 102 valence electrons. The summed E-state index contributed by atoms with van der Waals surface area (Å²) in [5, 5.41) is 10.6. The number of hydroxylamine groups is 1. The van der Waals surface area contributed by atoms with Gasteiger partial charge >= 0.3 is 0 Å². The molecule has 0 spiro atoms. The van der Waals surface area contributed by atoms with Gasteiger partial charge < -0.3 is 10.7 Å². The monoisotopic (exact) mass is 248 g/mol. The van der Waals surface area contributed by atoms with E-state index in [-0.39, 0.29) is 0 Å². The zero-order valence-electron chi connectivity index (χ0n) is 11.5. The highest BCUT2D eigenvalue weighted by molar-refractivity contribution is 5.19. The van der Waals surface area contributed by atoms with E-state index in [1.54, 1.807) is 0 Å². The minimum Gasteiger partial charge on any atom is -0.788 e. The first kappa shape index (κ1) is 15.2. The van der Waals surface area contributed by atoms with Crippen LogP contribution < -0.4 is 5.48 Å². The molecule has 0 aliphatic carbocycles. The molecule has 0 radical (unpaired) electrons. The summed E-state index contributed by atoms with van der Waals surface area (Å²) in [5.41, 5.74) is 3.36. The lowest BCUT2D eigenvalue weighted by atomic mass is 9.93. The summed E-state index contributed by atoms with van der Waals surface area (Å²) >= 11 is 0. The fraction of sp³-hybridized carbons (Fsp3) is 0.625. The number of rotatable bonds is 10. The Kier molecular flexibility index (Phi) is 8.53. The van der Waals surface area contributed by atoms with Crippen molar-refractivity contribution in [2.75, 3.05) is 6.54 Å². The fourth-order valence-electron chi connectivity index (χ4n) is 2.38. The average molecular weight is 248 g/mol. The van der Waals surface area contributed by atoms with Crippen molar-refractivity contribution in [1.29, 1.82) is 0 Å². The van der Waals surface area contributed by atoms with Crippen LogP contribution in [0, 0.1) is 5.21 Å². The molecule has 1 N–H and O–H groups in total. The standard InChI is InChI=1S/C16H26NO/c1-2-3-4-5-6-8-13-16(14-17-18)15-11-9-7-10-12-15/h7,9-12,16-17H,2-6,8,13-14H2,1H3/q-1. The van der Waals surface area contributed by atoms with Gasteiger partial charge in [-0.3, -0.25) is 0 Å². The third kappa shape index (κ3) is 6.18. The Hall–Kier alpha value is -0.860. The molecule has 1 rings (SSSR count). The topological polar surface area (TPSA) is 35.1 Å². The normalized spacial score (nSPS) is 12.6. The van der Waals surface area contributed by atoms with Crippen molar-refractivity contribution in [2.45, 2.75) is 57.8 Å². The molecule has 0 saturated carbocycles. The molecule has 1 unspecified atom stereocenters. The molecule has 1 atom stereocenters. The molecule has 1 aromatic carbocycles. The predicted molar refractivity (Wildman–Crippen MR) is 78.5 cm³/mol. The zero-order valence-corrected chi connectivity index (χ0v) is 11.5. The summed E-state index contributed by atoms with van der Waals surface area (Å²) in [6.07, 6.45) is 8.97. The molecular formula is C16H26NO-. The van der Waals surface area contributed by atoms with Gasteiger partial charge in [0.25, 0.3) is 0 Å². The number of hydrogen-bond donors (Lipinski definition) is 1.